The summed E-state index contributed by atoms with van der Waals surface area (Å²) in [6.07, 6.45) is 4.72. The number of carbonyl (C=O) groups is 1. The van der Waals surface area contributed by atoms with E-state index in [2.05, 4.69) is 19.8 Å². The Balaban J connectivity index is 2.40. The third-order valence-electron chi connectivity index (χ3n) is 2.19. The van der Waals surface area contributed by atoms with Gasteiger partial charge in [0.2, 0.25) is 0 Å². The van der Waals surface area contributed by atoms with Gasteiger partial charge in [-0.1, -0.05) is 0 Å². The molecule has 2 aromatic heterocycles. The fraction of sp³-hybridized carbons (Fsp3) is 0.200. The molecule has 2 rings (SSSR count). The number of aromatic nitrogens is 4. The Morgan fingerprint density at radius 2 is 2.24 bits per heavy atom. The number of nitrogens with zero attached hydrogens (tertiary/aromatic N) is 4. The number of esters is 1. The summed E-state index contributed by atoms with van der Waals surface area (Å²) in [6.45, 7) is 0. The molecular weight excluding hydrogens is 222 g/mol. The number of carbonyl (C=O) groups excluding carboxylic acids is 1. The molecule has 0 amide bonds. The van der Waals surface area contributed by atoms with Crippen LogP contribution in [-0.4, -0.2) is 32.8 Å². The molecule has 0 bridgehead atoms. The molecule has 17 heavy (non-hydrogen) atoms. The van der Waals surface area contributed by atoms with Gasteiger partial charge in [-0.05, 0) is 0 Å². The summed E-state index contributed by atoms with van der Waals surface area (Å²) in [7, 11) is 3.06. The van der Waals surface area contributed by atoms with Crippen molar-refractivity contribution in [2.45, 2.75) is 0 Å². The van der Waals surface area contributed by atoms with Crippen LogP contribution in [-0.2, 0) is 11.8 Å². The van der Waals surface area contributed by atoms with Crippen LogP contribution in [0.3, 0.4) is 0 Å². The van der Waals surface area contributed by atoms with Crippen molar-refractivity contribution in [3.8, 4) is 11.4 Å². The van der Waals surface area contributed by atoms with E-state index in [1.807, 2.05) is 0 Å². The van der Waals surface area contributed by atoms with Crippen molar-refractivity contribution in [3.05, 3.63) is 24.2 Å². The molecule has 0 aromatic carbocycles. The second-order valence-corrected chi connectivity index (χ2v) is 3.39. The lowest BCUT2D eigenvalue weighted by molar-refractivity contribution is 0.0601. The van der Waals surface area contributed by atoms with E-state index in [0.29, 0.717) is 5.82 Å². The molecule has 0 aliphatic heterocycles. The van der Waals surface area contributed by atoms with Crippen molar-refractivity contribution in [2.24, 2.45) is 7.05 Å². The molecule has 0 aliphatic rings. The van der Waals surface area contributed by atoms with Crippen LogP contribution in [0.15, 0.2) is 18.6 Å². The van der Waals surface area contributed by atoms with Crippen LogP contribution in [0.4, 0.5) is 5.82 Å². The van der Waals surface area contributed by atoms with Gasteiger partial charge >= 0.3 is 5.97 Å². The van der Waals surface area contributed by atoms with Gasteiger partial charge in [0.25, 0.3) is 0 Å². The van der Waals surface area contributed by atoms with E-state index in [0.717, 1.165) is 5.56 Å². The summed E-state index contributed by atoms with van der Waals surface area (Å²) < 4.78 is 6.18. The van der Waals surface area contributed by atoms with Crippen LogP contribution in [0.5, 0.6) is 0 Å². The predicted octanol–water partition coefficient (Wildman–Crippen LogP) is 0.246. The maximum Gasteiger partial charge on any atom is 0.343 e. The van der Waals surface area contributed by atoms with E-state index in [1.54, 1.807) is 24.1 Å². The summed E-state index contributed by atoms with van der Waals surface area (Å²) in [5, 5.41) is 4.00. The fourth-order valence-corrected chi connectivity index (χ4v) is 1.34. The standard InChI is InChI=1S/C10H11N5O2/c1-15-5-6(3-13-15)9-12-4-7(8(11)14-9)10(16)17-2/h3-5H,1-2H3,(H2,11,12,14). The lowest BCUT2D eigenvalue weighted by atomic mass is 10.3. The van der Waals surface area contributed by atoms with Gasteiger partial charge in [0, 0.05) is 19.4 Å². The average Bonchev–Trinajstić information content (AvgIpc) is 2.75. The monoisotopic (exact) mass is 233 g/mol. The van der Waals surface area contributed by atoms with Gasteiger partial charge in [-0.2, -0.15) is 5.10 Å². The molecule has 2 N–H and O–H groups in total. The molecule has 88 valence electrons. The van der Waals surface area contributed by atoms with Gasteiger partial charge in [0.15, 0.2) is 5.82 Å². The first-order chi connectivity index (χ1) is 8.11. The Bertz CT molecular complexity index is 564. The van der Waals surface area contributed by atoms with Crippen LogP contribution >= 0.6 is 0 Å². The first-order valence-corrected chi connectivity index (χ1v) is 4.81. The van der Waals surface area contributed by atoms with Crippen molar-refractivity contribution in [2.75, 3.05) is 12.8 Å². The number of rotatable bonds is 2. The summed E-state index contributed by atoms with van der Waals surface area (Å²) in [6, 6.07) is 0. The van der Waals surface area contributed by atoms with Gasteiger partial charge in [-0.25, -0.2) is 14.8 Å². The van der Waals surface area contributed by atoms with Crippen LogP contribution in [0.25, 0.3) is 11.4 Å². The highest BCUT2D eigenvalue weighted by Gasteiger charge is 2.13. The van der Waals surface area contributed by atoms with E-state index in [1.165, 1.54) is 13.3 Å². The second-order valence-electron chi connectivity index (χ2n) is 3.39. The average molecular weight is 233 g/mol. The minimum Gasteiger partial charge on any atom is -0.465 e. The first-order valence-electron chi connectivity index (χ1n) is 4.81. The van der Waals surface area contributed by atoms with Gasteiger partial charge in [-0.3, -0.25) is 4.68 Å². The molecule has 0 saturated heterocycles. The Morgan fingerprint density at radius 1 is 1.47 bits per heavy atom. The SMILES string of the molecule is COC(=O)c1cnc(-c2cnn(C)c2)nc1N. The van der Waals surface area contributed by atoms with Crippen molar-refractivity contribution >= 4 is 11.8 Å². The molecule has 0 radical (unpaired) electrons. The van der Waals surface area contributed by atoms with Gasteiger partial charge in [-0.15, -0.1) is 0 Å². The van der Waals surface area contributed by atoms with Crippen LogP contribution in [0.2, 0.25) is 0 Å². The lowest BCUT2D eigenvalue weighted by Gasteiger charge is -2.03. The third kappa shape index (κ3) is 2.07. The highest BCUT2D eigenvalue weighted by Crippen LogP contribution is 2.16. The molecule has 0 atom stereocenters. The highest BCUT2D eigenvalue weighted by molar-refractivity contribution is 5.93. The van der Waals surface area contributed by atoms with E-state index in [4.69, 9.17) is 5.73 Å². The molecule has 7 nitrogen and oxygen atoms in total. The lowest BCUT2D eigenvalue weighted by Crippen LogP contribution is -2.08. The number of aryl methyl sites for hydroxylation is 1. The molecule has 0 unspecified atom stereocenters. The highest BCUT2D eigenvalue weighted by atomic mass is 16.5. The minimum atomic E-state index is -0.555. The molecular formula is C10H11N5O2. The number of methoxy groups -OCH3 is 1. The van der Waals surface area contributed by atoms with E-state index < -0.39 is 5.97 Å². The minimum absolute atomic E-state index is 0.0886. The fourth-order valence-electron chi connectivity index (χ4n) is 1.34. The van der Waals surface area contributed by atoms with Gasteiger partial charge in [0.1, 0.15) is 11.4 Å². The van der Waals surface area contributed by atoms with Gasteiger partial charge in [0.05, 0.1) is 18.9 Å². The second kappa shape index (κ2) is 4.20. The summed E-state index contributed by atoms with van der Waals surface area (Å²) >= 11 is 0. The molecule has 0 aliphatic carbocycles. The Labute approximate surface area is 97.2 Å². The molecule has 7 heteroatoms. The van der Waals surface area contributed by atoms with Crippen molar-refractivity contribution < 1.29 is 9.53 Å². The number of nitrogen functional groups attached to an aromatic ring is 1. The number of nitrogens with two attached hydrogens (primary N) is 1. The van der Waals surface area contributed by atoms with E-state index >= 15 is 0 Å². The third-order valence-corrected chi connectivity index (χ3v) is 2.19. The molecule has 0 saturated carbocycles. The summed E-state index contributed by atoms with van der Waals surface area (Å²) in [4.78, 5) is 19.4. The molecule has 2 heterocycles. The van der Waals surface area contributed by atoms with E-state index in [9.17, 15) is 4.79 Å². The zero-order valence-electron chi connectivity index (χ0n) is 9.41. The smallest absolute Gasteiger partial charge is 0.343 e. The van der Waals surface area contributed by atoms with Crippen molar-refractivity contribution in [1.82, 2.24) is 19.7 Å². The van der Waals surface area contributed by atoms with E-state index in [-0.39, 0.29) is 11.4 Å². The Morgan fingerprint density at radius 3 is 2.76 bits per heavy atom. The van der Waals surface area contributed by atoms with Gasteiger partial charge < -0.3 is 10.5 Å². The maximum atomic E-state index is 11.3. The summed E-state index contributed by atoms with van der Waals surface area (Å²) in [5.41, 5.74) is 6.55. The maximum absolute atomic E-state index is 11.3. The largest absolute Gasteiger partial charge is 0.465 e. The topological polar surface area (TPSA) is 95.9 Å². The molecule has 0 fully saturated rings. The number of hydrogen-bond donors (Lipinski definition) is 1. The molecule has 2 aromatic rings. The number of hydrogen-bond acceptors (Lipinski definition) is 6. The Hall–Kier alpha value is -2.44. The van der Waals surface area contributed by atoms with Crippen LogP contribution in [0, 0.1) is 0 Å². The van der Waals surface area contributed by atoms with Crippen LogP contribution < -0.4 is 5.73 Å². The number of anilines is 1. The zero-order chi connectivity index (χ0) is 12.4. The summed E-state index contributed by atoms with van der Waals surface area (Å²) in [5.74, 6) is -0.0470. The quantitative estimate of drug-likeness (QED) is 0.747. The number of ether oxygens (including phenoxy) is 1. The normalized spacial score (nSPS) is 10.2. The zero-order valence-corrected chi connectivity index (χ0v) is 9.41. The van der Waals surface area contributed by atoms with Crippen LogP contribution in [0.1, 0.15) is 10.4 Å². The molecule has 0 spiro atoms. The predicted molar refractivity (Wildman–Crippen MR) is 60.0 cm³/mol. The Kier molecular flexibility index (Phi) is 2.73. The van der Waals surface area contributed by atoms with Crippen molar-refractivity contribution in [1.29, 1.82) is 0 Å². The first kappa shape index (κ1) is 11.1. The van der Waals surface area contributed by atoms with Crippen molar-refractivity contribution in [3.63, 3.8) is 0 Å².